The number of carboxylic acids is 1. The zero-order valence-corrected chi connectivity index (χ0v) is 19.5. The molecule has 4 aromatic rings. The molecule has 10 nitrogen and oxygen atoms in total. The number of para-hydroxylation sites is 2. The Hall–Kier alpha value is -4.14. The Bertz CT molecular complexity index is 1460. The fourth-order valence-corrected chi connectivity index (χ4v) is 4.05. The molecule has 1 aliphatic heterocycles. The van der Waals surface area contributed by atoms with Gasteiger partial charge >= 0.3 is 24.3 Å². The van der Waals surface area contributed by atoms with Gasteiger partial charge in [0, 0.05) is 12.2 Å². The second kappa shape index (κ2) is 11.1. The van der Waals surface area contributed by atoms with Crippen LogP contribution in [0.1, 0.15) is 36.9 Å². The standard InChI is InChI=1S/C21H20F2N6O2.C2HF3O2/c22-18(23)20-27-26-19(31-20)13-5-6-14(25-11-13)12-28-16-3-1-2-4-17(16)29(21(28)30)15-7-9-24-10-8-15;3-2(4,5)1(6)7/h1-6,11,15,18,24H,7-10,12H2;(H,6,7). The van der Waals surface area contributed by atoms with Crippen molar-refractivity contribution in [2.45, 2.75) is 38.0 Å². The number of imidazole rings is 1. The number of fused-ring (bicyclic) bond motifs is 1. The summed E-state index contributed by atoms with van der Waals surface area (Å²) in [6.07, 6.45) is -4.61. The molecule has 4 heterocycles. The largest absolute Gasteiger partial charge is 0.490 e. The van der Waals surface area contributed by atoms with Crippen molar-refractivity contribution >= 4 is 17.0 Å². The van der Waals surface area contributed by atoms with Crippen molar-refractivity contribution in [3.8, 4) is 11.5 Å². The minimum absolute atomic E-state index is 0.0194. The second-order valence-electron chi connectivity index (χ2n) is 8.30. The van der Waals surface area contributed by atoms with Crippen LogP contribution in [0.2, 0.25) is 0 Å². The van der Waals surface area contributed by atoms with Gasteiger partial charge in [-0.05, 0) is 50.2 Å². The third kappa shape index (κ3) is 5.88. The molecular formula is C23H21F5N6O4. The van der Waals surface area contributed by atoms with E-state index in [9.17, 15) is 26.7 Å². The van der Waals surface area contributed by atoms with E-state index in [1.807, 2.05) is 28.8 Å². The molecule has 15 heteroatoms. The molecule has 0 unspecified atom stereocenters. The highest BCUT2D eigenvalue weighted by Crippen LogP contribution is 2.25. The van der Waals surface area contributed by atoms with E-state index >= 15 is 0 Å². The highest BCUT2D eigenvalue weighted by molar-refractivity contribution is 5.76. The number of benzene rings is 1. The summed E-state index contributed by atoms with van der Waals surface area (Å²) in [7, 11) is 0. The van der Waals surface area contributed by atoms with E-state index in [2.05, 4.69) is 20.5 Å². The van der Waals surface area contributed by atoms with Crippen molar-refractivity contribution in [1.82, 2.24) is 29.6 Å². The SMILES string of the molecule is O=C(O)C(F)(F)F.O=c1n(Cc2ccc(-c3nnc(C(F)F)o3)cn2)c2ccccc2n1C1CCNCC1. The summed E-state index contributed by atoms with van der Waals surface area (Å²) in [5.41, 5.74) is 2.81. The molecule has 5 rings (SSSR count). The molecule has 0 radical (unpaired) electrons. The van der Waals surface area contributed by atoms with Crippen LogP contribution in [0.5, 0.6) is 0 Å². The Morgan fingerprint density at radius 2 is 1.76 bits per heavy atom. The zero-order chi connectivity index (χ0) is 27.4. The fourth-order valence-electron chi connectivity index (χ4n) is 4.05. The second-order valence-corrected chi connectivity index (χ2v) is 8.30. The molecule has 0 atom stereocenters. The predicted molar refractivity (Wildman–Crippen MR) is 123 cm³/mol. The smallest absolute Gasteiger partial charge is 0.475 e. The number of aliphatic carboxylic acids is 1. The number of piperidine rings is 1. The lowest BCUT2D eigenvalue weighted by Crippen LogP contribution is -2.35. The van der Waals surface area contributed by atoms with Crippen LogP contribution in [0, 0.1) is 0 Å². The van der Waals surface area contributed by atoms with Crippen LogP contribution in [0.4, 0.5) is 22.0 Å². The van der Waals surface area contributed by atoms with E-state index in [0.29, 0.717) is 17.8 Å². The summed E-state index contributed by atoms with van der Waals surface area (Å²) < 4.78 is 65.6. The van der Waals surface area contributed by atoms with Gasteiger partial charge in [0.15, 0.2) is 0 Å². The summed E-state index contributed by atoms with van der Waals surface area (Å²) in [6.45, 7) is 2.08. The molecule has 0 bridgehead atoms. The van der Waals surface area contributed by atoms with Crippen LogP contribution in [0.25, 0.3) is 22.5 Å². The van der Waals surface area contributed by atoms with Gasteiger partial charge in [0.05, 0.1) is 28.8 Å². The lowest BCUT2D eigenvalue weighted by Gasteiger charge is -2.23. The van der Waals surface area contributed by atoms with Crippen molar-refractivity contribution in [2.75, 3.05) is 13.1 Å². The number of hydrogen-bond acceptors (Lipinski definition) is 7. The summed E-state index contributed by atoms with van der Waals surface area (Å²) in [4.78, 5) is 26.6. The lowest BCUT2D eigenvalue weighted by atomic mass is 10.1. The first-order chi connectivity index (χ1) is 18.1. The number of carbonyl (C=O) groups is 1. The van der Waals surface area contributed by atoms with Gasteiger partial charge in [-0.3, -0.25) is 14.1 Å². The maximum absolute atomic E-state index is 13.3. The molecule has 0 amide bonds. The summed E-state index contributed by atoms with van der Waals surface area (Å²) in [5, 5.41) is 17.4. The van der Waals surface area contributed by atoms with Crippen LogP contribution in [0.3, 0.4) is 0 Å². The number of aromatic nitrogens is 5. The number of carboxylic acid groups (broad SMARTS) is 1. The van der Waals surface area contributed by atoms with Crippen LogP contribution in [-0.2, 0) is 11.3 Å². The number of pyridine rings is 1. The summed E-state index contributed by atoms with van der Waals surface area (Å²) in [5.74, 6) is -3.50. The predicted octanol–water partition coefficient (Wildman–Crippen LogP) is 3.79. The molecule has 0 spiro atoms. The topological polar surface area (TPSA) is 128 Å². The molecule has 0 aliphatic carbocycles. The molecule has 2 N–H and O–H groups in total. The van der Waals surface area contributed by atoms with Crippen molar-refractivity contribution in [1.29, 1.82) is 0 Å². The lowest BCUT2D eigenvalue weighted by molar-refractivity contribution is -0.192. The van der Waals surface area contributed by atoms with E-state index in [-0.39, 0.29) is 17.6 Å². The zero-order valence-electron chi connectivity index (χ0n) is 19.5. The van der Waals surface area contributed by atoms with Gasteiger partial charge in [-0.15, -0.1) is 10.2 Å². The first kappa shape index (κ1) is 26.9. The van der Waals surface area contributed by atoms with E-state index in [1.54, 1.807) is 16.7 Å². The Labute approximate surface area is 210 Å². The van der Waals surface area contributed by atoms with E-state index in [1.165, 1.54) is 6.20 Å². The van der Waals surface area contributed by atoms with Gasteiger partial charge in [-0.2, -0.15) is 22.0 Å². The van der Waals surface area contributed by atoms with Crippen LogP contribution >= 0.6 is 0 Å². The minimum Gasteiger partial charge on any atom is -0.475 e. The molecule has 1 aromatic carbocycles. The van der Waals surface area contributed by atoms with E-state index in [0.717, 1.165) is 37.0 Å². The number of rotatable bonds is 5. The van der Waals surface area contributed by atoms with Crippen molar-refractivity contribution in [3.63, 3.8) is 0 Å². The normalized spacial score (nSPS) is 14.5. The third-order valence-corrected chi connectivity index (χ3v) is 5.80. The highest BCUT2D eigenvalue weighted by Gasteiger charge is 2.38. The van der Waals surface area contributed by atoms with Crippen LogP contribution < -0.4 is 11.0 Å². The van der Waals surface area contributed by atoms with E-state index < -0.39 is 24.5 Å². The molecule has 202 valence electrons. The van der Waals surface area contributed by atoms with Gasteiger partial charge in [0.1, 0.15) is 0 Å². The Kier molecular flexibility index (Phi) is 7.85. The maximum Gasteiger partial charge on any atom is 0.490 e. The quantitative estimate of drug-likeness (QED) is 0.366. The van der Waals surface area contributed by atoms with Gasteiger partial charge in [0.2, 0.25) is 5.89 Å². The molecule has 1 fully saturated rings. The van der Waals surface area contributed by atoms with Gasteiger partial charge < -0.3 is 14.8 Å². The fraction of sp³-hybridized carbons (Fsp3) is 0.348. The number of halogens is 5. The molecule has 3 aromatic heterocycles. The average molecular weight is 540 g/mol. The average Bonchev–Trinajstić information content (AvgIpc) is 3.49. The summed E-state index contributed by atoms with van der Waals surface area (Å²) in [6, 6.07) is 11.3. The van der Waals surface area contributed by atoms with Crippen molar-refractivity contribution < 1.29 is 36.3 Å². The van der Waals surface area contributed by atoms with Crippen LogP contribution in [0.15, 0.2) is 51.8 Å². The molecular weight excluding hydrogens is 519 g/mol. The van der Waals surface area contributed by atoms with Crippen LogP contribution in [-0.4, -0.2) is 54.7 Å². The molecule has 38 heavy (non-hydrogen) atoms. The maximum atomic E-state index is 13.3. The van der Waals surface area contributed by atoms with Gasteiger partial charge in [0.25, 0.3) is 5.89 Å². The van der Waals surface area contributed by atoms with Gasteiger partial charge in [-0.1, -0.05) is 12.1 Å². The van der Waals surface area contributed by atoms with Crippen molar-refractivity contribution in [2.24, 2.45) is 0 Å². The Morgan fingerprint density at radius 1 is 1.11 bits per heavy atom. The minimum atomic E-state index is -5.08. The number of hydrogen-bond donors (Lipinski definition) is 2. The van der Waals surface area contributed by atoms with E-state index in [4.69, 9.17) is 14.3 Å². The number of nitrogens with zero attached hydrogens (tertiary/aromatic N) is 5. The first-order valence-corrected chi connectivity index (χ1v) is 11.3. The highest BCUT2D eigenvalue weighted by atomic mass is 19.4. The molecule has 1 saturated heterocycles. The third-order valence-electron chi connectivity index (χ3n) is 5.80. The monoisotopic (exact) mass is 540 g/mol. The number of nitrogens with one attached hydrogen (secondary N) is 1. The molecule has 1 aliphatic rings. The summed E-state index contributed by atoms with van der Waals surface area (Å²) >= 11 is 0. The van der Waals surface area contributed by atoms with Gasteiger partial charge in [-0.25, -0.2) is 9.59 Å². The van der Waals surface area contributed by atoms with Crippen molar-refractivity contribution in [3.05, 3.63) is 64.7 Å². The first-order valence-electron chi connectivity index (χ1n) is 11.3. The Balaban J connectivity index is 0.000000426. The molecule has 0 saturated carbocycles. The number of alkyl halides is 5. The Morgan fingerprint density at radius 3 is 2.32 bits per heavy atom.